The summed E-state index contributed by atoms with van der Waals surface area (Å²) in [6.45, 7) is 4.07. The Morgan fingerprint density at radius 3 is 1.85 bits per heavy atom. The molecule has 0 radical (unpaired) electrons. The monoisotopic (exact) mass is 755 g/mol. The number of ether oxygens (including phenoxy) is 1. The number of carbonyl (C=O) groups excluding carboxylic acids is 1. The van der Waals surface area contributed by atoms with Gasteiger partial charge in [-0.2, -0.15) is 0 Å². The molecule has 6 heteroatoms. The second kappa shape index (κ2) is 13.2. The largest absolute Gasteiger partial charge is 0.506 e. The van der Waals surface area contributed by atoms with Crippen LogP contribution >= 0.6 is 31.9 Å². The number of aliphatic hydroxyl groups excluding tert-OH is 1. The number of hydrogen-bond donors (Lipinski definition) is 1. The maximum Gasteiger partial charge on any atom is 0.361 e. The Balaban J connectivity index is 1.29. The van der Waals surface area contributed by atoms with Gasteiger partial charge in [0.15, 0.2) is 0 Å². The molecule has 2 heterocycles. The quantitative estimate of drug-likeness (QED) is 0.138. The topological polar surface area (TPSA) is 57.8 Å². The first-order valence-electron chi connectivity index (χ1n) is 15.4. The van der Waals surface area contributed by atoms with Crippen LogP contribution in [-0.2, 0) is 9.53 Å². The number of Topliss-reactive ketones (excluding diaryl/α,β-unsaturated/α-hetero) is 1. The molecule has 48 heavy (non-hydrogen) atoms. The van der Waals surface area contributed by atoms with E-state index < -0.39 is 0 Å². The van der Waals surface area contributed by atoms with Crippen molar-refractivity contribution in [3.8, 4) is 22.6 Å². The molecule has 7 rings (SSSR count). The molecule has 4 nitrogen and oxygen atoms in total. The fraction of sp³-hybridized carbons (Fsp3) is 0.0476. The van der Waals surface area contributed by atoms with Crippen LogP contribution in [0.5, 0.6) is 0 Å². The van der Waals surface area contributed by atoms with E-state index in [0.717, 1.165) is 53.5 Å². The van der Waals surface area contributed by atoms with E-state index in [9.17, 15) is 9.90 Å². The molecule has 4 aromatic carbocycles. The summed E-state index contributed by atoms with van der Waals surface area (Å²) in [5.74, 6) is 2.34. The third kappa shape index (κ3) is 6.42. The van der Waals surface area contributed by atoms with Crippen molar-refractivity contribution in [1.29, 1.82) is 0 Å². The zero-order chi connectivity index (χ0) is 33.4. The minimum atomic E-state index is -0.237. The molecule has 1 aliphatic heterocycles. The second-order valence-corrected chi connectivity index (χ2v) is 13.5. The van der Waals surface area contributed by atoms with E-state index in [0.29, 0.717) is 23.0 Å². The van der Waals surface area contributed by atoms with E-state index in [1.807, 2.05) is 135 Å². The molecule has 5 aromatic rings. The van der Waals surface area contributed by atoms with Crippen molar-refractivity contribution in [2.45, 2.75) is 13.8 Å². The molecule has 1 aromatic heterocycles. The highest BCUT2D eigenvalue weighted by Crippen LogP contribution is 2.38. The van der Waals surface area contributed by atoms with Crippen LogP contribution in [0.1, 0.15) is 27.8 Å². The van der Waals surface area contributed by atoms with Gasteiger partial charge < -0.3 is 9.84 Å². The number of hydrogen-bond acceptors (Lipinski definition) is 3. The van der Waals surface area contributed by atoms with Crippen LogP contribution < -0.4 is 0 Å². The fourth-order valence-corrected chi connectivity index (χ4v) is 6.26. The zero-order valence-electron chi connectivity index (χ0n) is 26.1. The lowest BCUT2D eigenvalue weighted by Crippen LogP contribution is -2.21. The number of benzene rings is 4. The van der Waals surface area contributed by atoms with Crippen LogP contribution in [0.25, 0.3) is 40.2 Å². The summed E-state index contributed by atoms with van der Waals surface area (Å²) in [7, 11) is 0. The lowest BCUT2D eigenvalue weighted by atomic mass is 9.85. The van der Waals surface area contributed by atoms with Crippen molar-refractivity contribution < 1.29 is 19.1 Å². The summed E-state index contributed by atoms with van der Waals surface area (Å²) in [6, 6.07) is 35.5. The predicted molar refractivity (Wildman–Crippen MR) is 200 cm³/mol. The molecular weight excluding hydrogens is 728 g/mol. The van der Waals surface area contributed by atoms with E-state index in [4.69, 9.17) is 9.15 Å². The lowest BCUT2D eigenvalue weighted by Gasteiger charge is -2.22. The molecular formula is C42H29Br2O4+. The maximum absolute atomic E-state index is 13.6. The average molecular weight is 757 g/mol. The number of carbonyl (C=O) groups is 1. The summed E-state index contributed by atoms with van der Waals surface area (Å²) in [5, 5.41) is 11.3. The van der Waals surface area contributed by atoms with Crippen LogP contribution in [0.3, 0.4) is 0 Å². The van der Waals surface area contributed by atoms with Crippen LogP contribution in [0, 0.1) is 13.8 Å². The van der Waals surface area contributed by atoms with Crippen molar-refractivity contribution in [2.24, 2.45) is 0 Å². The number of ketones is 1. The van der Waals surface area contributed by atoms with Gasteiger partial charge in [-0.3, -0.25) is 4.79 Å². The highest BCUT2D eigenvalue weighted by Gasteiger charge is 2.33. The van der Waals surface area contributed by atoms with E-state index in [-0.39, 0.29) is 22.7 Å². The molecule has 0 atom stereocenters. The van der Waals surface area contributed by atoms with E-state index >= 15 is 0 Å². The average Bonchev–Trinajstić information content (AvgIpc) is 3.10. The molecule has 0 fully saturated rings. The Labute approximate surface area is 296 Å². The molecule has 0 saturated carbocycles. The van der Waals surface area contributed by atoms with Crippen LogP contribution in [0.15, 0.2) is 163 Å². The SMILES string of the molecule is Cc1ccccc1C1=CC(=CC2=C(O)C(=Cc3cc(-c4ccc(Br)cc4)[o+]c(-c4ccccc4C)c3)C2=O)C=C(c2ccc(Br)cc2)O1. The van der Waals surface area contributed by atoms with Gasteiger partial charge in [0, 0.05) is 20.1 Å². The normalized spacial score (nSPS) is 16.0. The summed E-state index contributed by atoms with van der Waals surface area (Å²) >= 11 is 7.00. The Kier molecular flexibility index (Phi) is 8.69. The molecule has 0 unspecified atom stereocenters. The maximum atomic E-state index is 13.6. The molecule has 1 N–H and O–H groups in total. The van der Waals surface area contributed by atoms with Crippen LogP contribution in [0.4, 0.5) is 0 Å². The molecule has 234 valence electrons. The van der Waals surface area contributed by atoms with Gasteiger partial charge in [0.25, 0.3) is 0 Å². The molecule has 2 aliphatic rings. The summed E-state index contributed by atoms with van der Waals surface area (Å²) in [4.78, 5) is 13.6. The molecule has 1 aliphatic carbocycles. The highest BCUT2D eigenvalue weighted by molar-refractivity contribution is 9.10. The fourth-order valence-electron chi connectivity index (χ4n) is 5.73. The van der Waals surface area contributed by atoms with Gasteiger partial charge in [-0.1, -0.05) is 86.5 Å². The Bertz CT molecular complexity index is 2250. The first-order chi connectivity index (χ1) is 23.2. The number of aryl methyl sites for hydroxylation is 2. The van der Waals surface area contributed by atoms with E-state index in [2.05, 4.69) is 31.9 Å². The van der Waals surface area contributed by atoms with E-state index in [1.54, 1.807) is 12.2 Å². The minimum Gasteiger partial charge on any atom is -0.506 e. The van der Waals surface area contributed by atoms with Gasteiger partial charge in [-0.05, 0) is 103 Å². The third-order valence-corrected chi connectivity index (χ3v) is 9.39. The number of rotatable bonds is 6. The Morgan fingerprint density at radius 1 is 0.667 bits per heavy atom. The van der Waals surface area contributed by atoms with Crippen molar-refractivity contribution in [2.75, 3.05) is 0 Å². The van der Waals surface area contributed by atoms with Gasteiger partial charge >= 0.3 is 11.5 Å². The molecule has 0 spiro atoms. The highest BCUT2D eigenvalue weighted by atomic mass is 79.9. The molecule has 0 saturated heterocycles. The Hall–Kier alpha value is -5.04. The number of halogens is 2. The summed E-state index contributed by atoms with van der Waals surface area (Å²) < 4.78 is 14.7. The third-order valence-electron chi connectivity index (χ3n) is 8.33. The lowest BCUT2D eigenvalue weighted by molar-refractivity contribution is -0.113. The van der Waals surface area contributed by atoms with Crippen molar-refractivity contribution in [3.05, 3.63) is 187 Å². The number of aliphatic hydroxyl groups is 1. The van der Waals surface area contributed by atoms with Crippen molar-refractivity contribution in [1.82, 2.24) is 0 Å². The first-order valence-corrected chi connectivity index (χ1v) is 17.0. The van der Waals surface area contributed by atoms with Gasteiger partial charge in [0.2, 0.25) is 5.78 Å². The smallest absolute Gasteiger partial charge is 0.361 e. The predicted octanol–water partition coefficient (Wildman–Crippen LogP) is 11.9. The number of allylic oxidation sites excluding steroid dienone is 6. The zero-order valence-corrected chi connectivity index (χ0v) is 29.3. The summed E-state index contributed by atoms with van der Waals surface area (Å²) in [6.07, 6.45) is 7.23. The minimum absolute atomic E-state index is 0.0492. The van der Waals surface area contributed by atoms with Crippen molar-refractivity contribution in [3.63, 3.8) is 0 Å². The Morgan fingerprint density at radius 2 is 1.23 bits per heavy atom. The first kappa shape index (κ1) is 31.6. The van der Waals surface area contributed by atoms with Crippen LogP contribution in [-0.4, -0.2) is 10.9 Å². The van der Waals surface area contributed by atoms with Gasteiger partial charge in [-0.15, -0.1) is 0 Å². The van der Waals surface area contributed by atoms with Gasteiger partial charge in [0.1, 0.15) is 17.3 Å². The standard InChI is InChI=1S/C42H28Br2O4/c1-25-7-3-5-9-33(25)39-23-27(21-37(47-39)29-11-15-31(43)16-12-29)19-35-41(45)36(42(35)46)20-28-22-38(30-13-17-32(44)18-14-30)48-40(24-28)34-10-6-4-8-26(34)2/h3-24H,1-2H3/p+1. The molecule has 0 bridgehead atoms. The van der Waals surface area contributed by atoms with E-state index in [1.165, 1.54) is 0 Å². The second-order valence-electron chi connectivity index (χ2n) is 11.7. The summed E-state index contributed by atoms with van der Waals surface area (Å²) in [5.41, 5.74) is 7.79. The van der Waals surface area contributed by atoms with Crippen LogP contribution in [0.2, 0.25) is 0 Å². The van der Waals surface area contributed by atoms with Crippen molar-refractivity contribution >= 4 is 55.2 Å². The van der Waals surface area contributed by atoms with Gasteiger partial charge in [0.05, 0.1) is 34.4 Å². The van der Waals surface area contributed by atoms with Gasteiger partial charge in [-0.25, -0.2) is 4.42 Å². The molecule has 0 amide bonds.